The third kappa shape index (κ3) is 4.13. The number of carbonyl (C=O) groups is 1. The molecule has 0 saturated carbocycles. The molecule has 96 valence electrons. The number of aromatic nitrogens is 2. The Kier molecular flexibility index (Phi) is 6.22. The van der Waals surface area contributed by atoms with Crippen molar-refractivity contribution in [3.05, 3.63) is 16.9 Å². The first-order valence-corrected chi connectivity index (χ1v) is 6.53. The molecular formula is C12H20ClN3O. The van der Waals surface area contributed by atoms with Gasteiger partial charge in [-0.2, -0.15) is 5.10 Å². The van der Waals surface area contributed by atoms with E-state index in [2.05, 4.69) is 5.10 Å². The van der Waals surface area contributed by atoms with Crippen LogP contribution in [0.4, 0.5) is 0 Å². The molecule has 0 aliphatic rings. The van der Waals surface area contributed by atoms with Crippen molar-refractivity contribution in [1.29, 1.82) is 0 Å². The topological polar surface area (TPSA) is 60.9 Å². The number of halogens is 1. The molecule has 0 atom stereocenters. The molecule has 1 heterocycles. The minimum absolute atomic E-state index is 0.0815. The van der Waals surface area contributed by atoms with Crippen LogP contribution in [0.1, 0.15) is 49.5 Å². The Hall–Kier alpha value is -0.870. The van der Waals surface area contributed by atoms with Gasteiger partial charge in [-0.15, -0.1) is 0 Å². The SMILES string of the molecule is CCCn1ncc(Cl)c1C(=O)CCCCCN. The van der Waals surface area contributed by atoms with Gasteiger partial charge in [0.2, 0.25) is 0 Å². The summed E-state index contributed by atoms with van der Waals surface area (Å²) in [6.45, 7) is 3.46. The lowest BCUT2D eigenvalue weighted by Gasteiger charge is -2.05. The van der Waals surface area contributed by atoms with E-state index in [1.54, 1.807) is 10.9 Å². The van der Waals surface area contributed by atoms with Crippen molar-refractivity contribution >= 4 is 17.4 Å². The number of carbonyl (C=O) groups excluding carboxylic acids is 1. The molecule has 1 aromatic rings. The quantitative estimate of drug-likeness (QED) is 0.575. The second-order valence-electron chi connectivity index (χ2n) is 4.09. The number of aryl methyl sites for hydroxylation is 1. The summed E-state index contributed by atoms with van der Waals surface area (Å²) in [5.41, 5.74) is 5.96. The van der Waals surface area contributed by atoms with E-state index in [0.717, 1.165) is 32.2 Å². The minimum atomic E-state index is 0.0815. The van der Waals surface area contributed by atoms with Crippen LogP contribution in [0.3, 0.4) is 0 Å². The standard InChI is InChI=1S/C12H20ClN3O/c1-2-8-16-12(10(13)9-15-16)11(17)6-4-3-5-7-14/h9H,2-8,14H2,1H3. The van der Waals surface area contributed by atoms with Gasteiger partial charge in [-0.3, -0.25) is 9.48 Å². The molecule has 0 spiro atoms. The summed E-state index contributed by atoms with van der Waals surface area (Å²) in [5, 5.41) is 4.58. The molecule has 0 amide bonds. The van der Waals surface area contributed by atoms with Crippen molar-refractivity contribution < 1.29 is 4.79 Å². The van der Waals surface area contributed by atoms with Crippen molar-refractivity contribution in [2.24, 2.45) is 5.73 Å². The second kappa shape index (κ2) is 7.45. The highest BCUT2D eigenvalue weighted by Crippen LogP contribution is 2.18. The maximum Gasteiger partial charge on any atom is 0.182 e. The highest BCUT2D eigenvalue weighted by molar-refractivity contribution is 6.33. The first-order chi connectivity index (χ1) is 8.20. The van der Waals surface area contributed by atoms with E-state index in [1.165, 1.54) is 0 Å². The van der Waals surface area contributed by atoms with Gasteiger partial charge in [0, 0.05) is 13.0 Å². The number of hydrogen-bond donors (Lipinski definition) is 1. The van der Waals surface area contributed by atoms with Crippen LogP contribution in [0.25, 0.3) is 0 Å². The van der Waals surface area contributed by atoms with E-state index in [1.807, 2.05) is 6.92 Å². The fourth-order valence-electron chi connectivity index (χ4n) is 1.75. The molecule has 1 aromatic heterocycles. The molecule has 1 rings (SSSR count). The van der Waals surface area contributed by atoms with E-state index in [-0.39, 0.29) is 5.78 Å². The summed E-state index contributed by atoms with van der Waals surface area (Å²) in [7, 11) is 0. The summed E-state index contributed by atoms with van der Waals surface area (Å²) in [6, 6.07) is 0. The number of rotatable bonds is 8. The highest BCUT2D eigenvalue weighted by Gasteiger charge is 2.16. The summed E-state index contributed by atoms with van der Waals surface area (Å²) < 4.78 is 1.70. The summed E-state index contributed by atoms with van der Waals surface area (Å²) in [5.74, 6) is 0.0815. The van der Waals surface area contributed by atoms with Gasteiger partial charge < -0.3 is 5.73 Å². The van der Waals surface area contributed by atoms with Crippen LogP contribution >= 0.6 is 11.6 Å². The summed E-state index contributed by atoms with van der Waals surface area (Å²) in [6.07, 6.45) is 5.82. The zero-order chi connectivity index (χ0) is 12.7. The van der Waals surface area contributed by atoms with Gasteiger partial charge in [-0.05, 0) is 25.8 Å². The van der Waals surface area contributed by atoms with E-state index in [0.29, 0.717) is 23.7 Å². The van der Waals surface area contributed by atoms with Crippen LogP contribution < -0.4 is 5.73 Å². The zero-order valence-electron chi connectivity index (χ0n) is 10.3. The zero-order valence-corrected chi connectivity index (χ0v) is 11.0. The van der Waals surface area contributed by atoms with Gasteiger partial charge in [-0.1, -0.05) is 24.9 Å². The maximum atomic E-state index is 12.0. The minimum Gasteiger partial charge on any atom is -0.330 e. The highest BCUT2D eigenvalue weighted by atomic mass is 35.5. The van der Waals surface area contributed by atoms with Crippen LogP contribution in [0.15, 0.2) is 6.20 Å². The average Bonchev–Trinajstić information content (AvgIpc) is 2.66. The normalized spacial score (nSPS) is 10.8. The predicted octanol–water partition coefficient (Wildman–Crippen LogP) is 2.65. The van der Waals surface area contributed by atoms with Gasteiger partial charge in [0.25, 0.3) is 0 Å². The Morgan fingerprint density at radius 1 is 1.47 bits per heavy atom. The Morgan fingerprint density at radius 3 is 2.88 bits per heavy atom. The van der Waals surface area contributed by atoms with Crippen LogP contribution in [0.2, 0.25) is 5.02 Å². The third-order valence-corrected chi connectivity index (χ3v) is 2.88. The van der Waals surface area contributed by atoms with E-state index in [9.17, 15) is 4.79 Å². The number of hydrogen-bond acceptors (Lipinski definition) is 3. The monoisotopic (exact) mass is 257 g/mol. The molecule has 0 radical (unpaired) electrons. The number of nitrogens with zero attached hydrogens (tertiary/aromatic N) is 2. The lowest BCUT2D eigenvalue weighted by molar-refractivity contribution is 0.0968. The van der Waals surface area contributed by atoms with Crippen LogP contribution in [-0.4, -0.2) is 22.1 Å². The van der Waals surface area contributed by atoms with Crippen LogP contribution in [0, 0.1) is 0 Å². The lowest BCUT2D eigenvalue weighted by atomic mass is 10.1. The Morgan fingerprint density at radius 2 is 2.24 bits per heavy atom. The molecule has 0 aliphatic heterocycles. The first kappa shape index (κ1) is 14.2. The van der Waals surface area contributed by atoms with Gasteiger partial charge in [0.15, 0.2) is 5.78 Å². The molecular weight excluding hydrogens is 238 g/mol. The van der Waals surface area contributed by atoms with Gasteiger partial charge in [0.1, 0.15) is 5.69 Å². The fraction of sp³-hybridized carbons (Fsp3) is 0.667. The van der Waals surface area contributed by atoms with Crippen LogP contribution in [-0.2, 0) is 6.54 Å². The second-order valence-corrected chi connectivity index (χ2v) is 4.49. The Labute approximate surface area is 107 Å². The van der Waals surface area contributed by atoms with Gasteiger partial charge in [-0.25, -0.2) is 0 Å². The largest absolute Gasteiger partial charge is 0.330 e. The molecule has 17 heavy (non-hydrogen) atoms. The molecule has 0 fully saturated rings. The van der Waals surface area contributed by atoms with Crippen LogP contribution in [0.5, 0.6) is 0 Å². The van der Waals surface area contributed by atoms with Crippen molar-refractivity contribution in [3.8, 4) is 0 Å². The number of nitrogens with two attached hydrogens (primary N) is 1. The maximum absolute atomic E-state index is 12.0. The van der Waals surface area contributed by atoms with E-state index < -0.39 is 0 Å². The average molecular weight is 258 g/mol. The smallest absolute Gasteiger partial charge is 0.182 e. The first-order valence-electron chi connectivity index (χ1n) is 6.15. The Bertz CT molecular complexity index is 363. The molecule has 5 heteroatoms. The molecule has 0 aliphatic carbocycles. The van der Waals surface area contributed by atoms with Crippen molar-refractivity contribution in [1.82, 2.24) is 9.78 Å². The molecule has 2 N–H and O–H groups in total. The molecule has 0 aromatic carbocycles. The van der Waals surface area contributed by atoms with Crippen molar-refractivity contribution in [3.63, 3.8) is 0 Å². The lowest BCUT2D eigenvalue weighted by Crippen LogP contribution is -2.11. The number of ketones is 1. The predicted molar refractivity (Wildman–Crippen MR) is 69.4 cm³/mol. The fourth-order valence-corrected chi connectivity index (χ4v) is 1.99. The van der Waals surface area contributed by atoms with Gasteiger partial charge in [0.05, 0.1) is 11.2 Å². The third-order valence-electron chi connectivity index (χ3n) is 2.60. The van der Waals surface area contributed by atoms with Crippen molar-refractivity contribution in [2.45, 2.75) is 45.6 Å². The number of unbranched alkanes of at least 4 members (excludes halogenated alkanes) is 2. The molecule has 0 bridgehead atoms. The van der Waals surface area contributed by atoms with Crippen molar-refractivity contribution in [2.75, 3.05) is 6.54 Å². The summed E-state index contributed by atoms with van der Waals surface area (Å²) in [4.78, 5) is 12.0. The number of Topliss-reactive ketones (excluding diaryl/α,β-unsaturated/α-hetero) is 1. The van der Waals surface area contributed by atoms with E-state index >= 15 is 0 Å². The Balaban J connectivity index is 2.58. The van der Waals surface area contributed by atoms with E-state index in [4.69, 9.17) is 17.3 Å². The summed E-state index contributed by atoms with van der Waals surface area (Å²) >= 11 is 5.99. The molecule has 0 unspecified atom stereocenters. The molecule has 0 saturated heterocycles. The van der Waals surface area contributed by atoms with Gasteiger partial charge >= 0.3 is 0 Å². The molecule has 4 nitrogen and oxygen atoms in total.